The highest BCUT2D eigenvalue weighted by Crippen LogP contribution is 2.43. The van der Waals surface area contributed by atoms with Crippen molar-refractivity contribution in [1.29, 1.82) is 0 Å². The quantitative estimate of drug-likeness (QED) is 0.282. The van der Waals surface area contributed by atoms with Gasteiger partial charge in [0, 0.05) is 45.9 Å². The van der Waals surface area contributed by atoms with Crippen molar-refractivity contribution in [2.75, 3.05) is 12.4 Å². The number of nitrogens with zero attached hydrogens (tertiary/aromatic N) is 1. The van der Waals surface area contributed by atoms with Gasteiger partial charge in [-0.05, 0) is 78.8 Å². The molecular weight excluding hydrogens is 442 g/mol. The second-order valence-electron chi connectivity index (χ2n) is 10.1. The Hall–Kier alpha value is -4.18. The molecule has 7 rings (SSSR count). The topological polar surface area (TPSA) is 56.1 Å². The van der Waals surface area contributed by atoms with Crippen LogP contribution in [-0.4, -0.2) is 11.6 Å². The first kappa shape index (κ1) is 21.1. The predicted molar refractivity (Wildman–Crippen MR) is 152 cm³/mol. The first-order chi connectivity index (χ1) is 17.6. The van der Waals surface area contributed by atoms with E-state index in [-0.39, 0.29) is 0 Å². The average molecular weight is 472 g/mol. The Labute approximate surface area is 210 Å². The van der Waals surface area contributed by atoms with Crippen molar-refractivity contribution in [3.05, 3.63) is 95.3 Å². The lowest BCUT2D eigenvalue weighted by molar-refractivity contribution is 0.669. The van der Waals surface area contributed by atoms with Crippen molar-refractivity contribution in [1.82, 2.24) is 4.57 Å². The molecule has 0 fully saturated rings. The molecule has 0 aliphatic heterocycles. The van der Waals surface area contributed by atoms with Gasteiger partial charge in [-0.15, -0.1) is 0 Å². The van der Waals surface area contributed by atoms with Crippen LogP contribution < -0.4 is 11.1 Å². The monoisotopic (exact) mass is 471 g/mol. The lowest BCUT2D eigenvalue weighted by Gasteiger charge is -2.24. The summed E-state index contributed by atoms with van der Waals surface area (Å²) in [6, 6.07) is 21.5. The first-order valence-corrected chi connectivity index (χ1v) is 12.8. The van der Waals surface area contributed by atoms with Crippen LogP contribution in [0, 0.1) is 5.92 Å². The fourth-order valence-corrected chi connectivity index (χ4v) is 5.98. The Morgan fingerprint density at radius 2 is 1.78 bits per heavy atom. The Morgan fingerprint density at radius 3 is 2.64 bits per heavy atom. The molecule has 0 spiro atoms. The maximum atomic E-state index is 6.84. The van der Waals surface area contributed by atoms with E-state index in [1.165, 1.54) is 27.7 Å². The lowest BCUT2D eigenvalue weighted by Crippen LogP contribution is -2.14. The van der Waals surface area contributed by atoms with Crippen LogP contribution in [0.15, 0.2) is 82.9 Å². The van der Waals surface area contributed by atoms with Crippen molar-refractivity contribution >= 4 is 55.9 Å². The summed E-state index contributed by atoms with van der Waals surface area (Å²) in [6.07, 6.45) is 9.82. The maximum absolute atomic E-state index is 6.84. The van der Waals surface area contributed by atoms with E-state index in [1.807, 2.05) is 19.2 Å². The Kier molecular flexibility index (Phi) is 4.65. The average Bonchev–Trinajstić information content (AvgIpc) is 3.43. The summed E-state index contributed by atoms with van der Waals surface area (Å²) in [5, 5.41) is 6.81. The van der Waals surface area contributed by atoms with Crippen LogP contribution in [0.25, 0.3) is 50.2 Å². The number of furan rings is 1. The van der Waals surface area contributed by atoms with Gasteiger partial charge in [0.1, 0.15) is 11.2 Å². The van der Waals surface area contributed by atoms with Gasteiger partial charge in [0.2, 0.25) is 0 Å². The van der Waals surface area contributed by atoms with Crippen LogP contribution in [-0.2, 0) is 6.42 Å². The second kappa shape index (κ2) is 7.92. The first-order valence-electron chi connectivity index (χ1n) is 12.8. The summed E-state index contributed by atoms with van der Waals surface area (Å²) < 4.78 is 8.57. The highest BCUT2D eigenvalue weighted by molar-refractivity contribution is 6.10. The number of aromatic nitrogens is 1. The minimum atomic E-state index is 0.531. The smallest absolute Gasteiger partial charge is 0.135 e. The number of para-hydroxylation sites is 1. The third kappa shape index (κ3) is 3.07. The highest BCUT2D eigenvalue weighted by Gasteiger charge is 2.26. The van der Waals surface area contributed by atoms with E-state index in [4.69, 9.17) is 10.2 Å². The third-order valence-electron chi connectivity index (χ3n) is 7.74. The van der Waals surface area contributed by atoms with Gasteiger partial charge < -0.3 is 20.0 Å². The van der Waals surface area contributed by atoms with Crippen molar-refractivity contribution < 1.29 is 4.42 Å². The molecule has 0 amide bonds. The summed E-state index contributed by atoms with van der Waals surface area (Å²) in [4.78, 5) is 0. The molecule has 0 radical (unpaired) electrons. The minimum Gasteiger partial charge on any atom is -0.456 e. The van der Waals surface area contributed by atoms with Crippen molar-refractivity contribution in [3.8, 4) is 0 Å². The van der Waals surface area contributed by atoms with E-state index in [9.17, 15) is 0 Å². The maximum Gasteiger partial charge on any atom is 0.135 e. The normalized spacial score (nSPS) is 17.7. The minimum absolute atomic E-state index is 0.531. The van der Waals surface area contributed by atoms with Gasteiger partial charge in [-0.1, -0.05) is 43.3 Å². The number of hydrogen-bond acceptors (Lipinski definition) is 3. The van der Waals surface area contributed by atoms with E-state index in [0.29, 0.717) is 5.92 Å². The van der Waals surface area contributed by atoms with Crippen LogP contribution in [0.2, 0.25) is 0 Å². The molecule has 36 heavy (non-hydrogen) atoms. The summed E-state index contributed by atoms with van der Waals surface area (Å²) in [7, 11) is 1.94. The number of nitrogens with one attached hydrogen (secondary N) is 1. The molecule has 178 valence electrons. The molecule has 3 aromatic carbocycles. The third-order valence-corrected chi connectivity index (χ3v) is 7.74. The SMILES string of the molecule is CNc1ccc2oc3ccc(C4=CCCC(N)=C4n4c5c(c6ccccc64)CC(C)C=C5)cc3c2c1. The standard InChI is InChI=1S/C32H29N3O/c1-19-10-13-29-24(16-19)23-6-3-4-9-28(23)35(29)32-22(7-5-8-27(32)33)20-11-14-30-25(17-20)26-18-21(34-2)12-15-31(26)36-30/h3-4,6-7,9-15,17-19,34H,5,8,16,33H2,1-2H3. The molecule has 0 bridgehead atoms. The molecule has 1 atom stereocenters. The molecule has 5 aromatic rings. The van der Waals surface area contributed by atoms with Crippen molar-refractivity contribution in [3.63, 3.8) is 0 Å². The molecule has 2 aliphatic carbocycles. The van der Waals surface area contributed by atoms with E-state index in [0.717, 1.165) is 63.8 Å². The zero-order chi connectivity index (χ0) is 24.4. The van der Waals surface area contributed by atoms with Gasteiger partial charge >= 0.3 is 0 Å². The molecule has 1 unspecified atom stereocenters. The predicted octanol–water partition coefficient (Wildman–Crippen LogP) is 7.79. The zero-order valence-corrected chi connectivity index (χ0v) is 20.6. The number of anilines is 1. The Bertz CT molecular complexity index is 1780. The molecule has 0 saturated carbocycles. The number of rotatable bonds is 3. The van der Waals surface area contributed by atoms with Crippen molar-refractivity contribution in [2.24, 2.45) is 11.7 Å². The lowest BCUT2D eigenvalue weighted by atomic mass is 9.92. The van der Waals surface area contributed by atoms with Crippen LogP contribution in [0.4, 0.5) is 5.69 Å². The molecule has 0 saturated heterocycles. The molecule has 2 aliphatic rings. The van der Waals surface area contributed by atoms with E-state index < -0.39 is 0 Å². The molecule has 3 N–H and O–H groups in total. The fourth-order valence-electron chi connectivity index (χ4n) is 5.98. The Morgan fingerprint density at radius 1 is 0.972 bits per heavy atom. The number of hydrogen-bond donors (Lipinski definition) is 2. The largest absolute Gasteiger partial charge is 0.456 e. The van der Waals surface area contributed by atoms with Crippen LogP contribution >= 0.6 is 0 Å². The number of benzene rings is 3. The summed E-state index contributed by atoms with van der Waals surface area (Å²) in [5.74, 6) is 0.531. The van der Waals surface area contributed by atoms with E-state index in [2.05, 4.69) is 83.6 Å². The molecule has 4 heteroatoms. The second-order valence-corrected chi connectivity index (χ2v) is 10.1. The van der Waals surface area contributed by atoms with E-state index in [1.54, 1.807) is 0 Å². The van der Waals surface area contributed by atoms with Gasteiger partial charge in [-0.3, -0.25) is 0 Å². The zero-order valence-electron chi connectivity index (χ0n) is 20.6. The van der Waals surface area contributed by atoms with Crippen LogP contribution in [0.3, 0.4) is 0 Å². The number of allylic oxidation sites excluding steroid dienone is 5. The fraction of sp³-hybridized carbons (Fsp3) is 0.188. The molecule has 4 nitrogen and oxygen atoms in total. The molecule has 2 heterocycles. The van der Waals surface area contributed by atoms with Gasteiger partial charge in [-0.25, -0.2) is 0 Å². The molecule has 2 aromatic heterocycles. The summed E-state index contributed by atoms with van der Waals surface area (Å²) >= 11 is 0. The van der Waals surface area contributed by atoms with Gasteiger partial charge in [0.05, 0.1) is 11.2 Å². The summed E-state index contributed by atoms with van der Waals surface area (Å²) in [6.45, 7) is 2.29. The number of fused-ring (bicyclic) bond motifs is 6. The van der Waals surface area contributed by atoms with Gasteiger partial charge in [-0.2, -0.15) is 0 Å². The van der Waals surface area contributed by atoms with Gasteiger partial charge in [0.15, 0.2) is 0 Å². The van der Waals surface area contributed by atoms with Crippen LogP contribution in [0.1, 0.15) is 36.6 Å². The van der Waals surface area contributed by atoms with Crippen molar-refractivity contribution in [2.45, 2.75) is 26.2 Å². The van der Waals surface area contributed by atoms with Gasteiger partial charge in [0.25, 0.3) is 0 Å². The number of nitrogens with two attached hydrogens (primary N) is 1. The Balaban J connectivity index is 1.46. The highest BCUT2D eigenvalue weighted by atomic mass is 16.3. The molecular formula is C32H29N3O. The van der Waals surface area contributed by atoms with E-state index >= 15 is 0 Å². The summed E-state index contributed by atoms with van der Waals surface area (Å²) in [5.41, 5.74) is 18.0. The van der Waals surface area contributed by atoms with Crippen LogP contribution in [0.5, 0.6) is 0 Å².